The first kappa shape index (κ1) is 19.6. The molecule has 2 aromatic carbocycles. The molecule has 0 aliphatic carbocycles. The monoisotopic (exact) mass is 413 g/mol. The van der Waals surface area contributed by atoms with Gasteiger partial charge < -0.3 is 14.1 Å². The van der Waals surface area contributed by atoms with Crippen LogP contribution < -0.4 is 4.90 Å². The van der Waals surface area contributed by atoms with Crippen molar-refractivity contribution in [3.8, 4) is 22.8 Å². The average molecular weight is 413 g/mol. The van der Waals surface area contributed by atoms with E-state index < -0.39 is 10.0 Å². The smallest absolute Gasteiger partial charge is 0.243 e. The van der Waals surface area contributed by atoms with E-state index in [2.05, 4.69) is 4.98 Å². The van der Waals surface area contributed by atoms with E-state index in [1.165, 1.54) is 4.31 Å². The maximum atomic E-state index is 12.7. The van der Waals surface area contributed by atoms with E-state index >= 15 is 0 Å². The summed E-state index contributed by atoms with van der Waals surface area (Å²) in [6.07, 6.45) is 1.68. The summed E-state index contributed by atoms with van der Waals surface area (Å²) in [5.41, 5.74) is 2.76. The Hall–Kier alpha value is -2.68. The van der Waals surface area contributed by atoms with E-state index in [0.29, 0.717) is 38.0 Å². The van der Waals surface area contributed by atoms with Gasteiger partial charge in [0.2, 0.25) is 15.9 Å². The Bertz CT molecular complexity index is 1070. The van der Waals surface area contributed by atoms with Gasteiger partial charge in [-0.25, -0.2) is 13.4 Å². The highest BCUT2D eigenvalue weighted by molar-refractivity contribution is 7.89. The lowest BCUT2D eigenvalue weighted by Crippen LogP contribution is -2.40. The van der Waals surface area contributed by atoms with Crippen molar-refractivity contribution in [2.24, 2.45) is 0 Å². The van der Waals surface area contributed by atoms with E-state index in [-0.39, 0.29) is 4.90 Å². The Balaban J connectivity index is 1.54. The van der Waals surface area contributed by atoms with Crippen LogP contribution in [-0.2, 0) is 14.8 Å². The molecule has 8 heteroatoms. The number of morpholine rings is 1. The molecule has 1 aromatic heterocycles. The van der Waals surface area contributed by atoms with Crippen molar-refractivity contribution < 1.29 is 17.6 Å². The van der Waals surface area contributed by atoms with Gasteiger partial charge in [0.05, 0.1) is 24.3 Å². The summed E-state index contributed by atoms with van der Waals surface area (Å²) >= 11 is 0. The number of aromatic nitrogens is 1. The fraction of sp³-hybridized carbons (Fsp3) is 0.286. The van der Waals surface area contributed by atoms with Gasteiger partial charge >= 0.3 is 0 Å². The highest BCUT2D eigenvalue weighted by atomic mass is 32.2. The number of oxazole rings is 1. The van der Waals surface area contributed by atoms with Gasteiger partial charge in [-0.2, -0.15) is 4.31 Å². The third kappa shape index (κ3) is 4.05. The highest BCUT2D eigenvalue weighted by Crippen LogP contribution is 2.28. The van der Waals surface area contributed by atoms with E-state index in [4.69, 9.17) is 9.15 Å². The zero-order chi connectivity index (χ0) is 20.4. The van der Waals surface area contributed by atoms with Gasteiger partial charge in [-0.3, -0.25) is 0 Å². The third-order valence-electron chi connectivity index (χ3n) is 4.88. The van der Waals surface area contributed by atoms with Gasteiger partial charge in [-0.05, 0) is 48.5 Å². The molecule has 0 spiro atoms. The highest BCUT2D eigenvalue weighted by Gasteiger charge is 2.26. The third-order valence-corrected chi connectivity index (χ3v) is 6.80. The van der Waals surface area contributed by atoms with Crippen LogP contribution in [0, 0.1) is 0 Å². The maximum Gasteiger partial charge on any atom is 0.243 e. The van der Waals surface area contributed by atoms with Gasteiger partial charge in [-0.15, -0.1) is 0 Å². The van der Waals surface area contributed by atoms with Crippen molar-refractivity contribution in [2.75, 3.05) is 45.3 Å². The lowest BCUT2D eigenvalue weighted by molar-refractivity contribution is 0.0730. The normalized spacial score (nSPS) is 15.4. The van der Waals surface area contributed by atoms with Crippen LogP contribution in [0.4, 0.5) is 5.69 Å². The molecule has 4 rings (SSSR count). The van der Waals surface area contributed by atoms with Crippen LogP contribution in [0.2, 0.25) is 0 Å². The topological polar surface area (TPSA) is 75.9 Å². The molecule has 1 aliphatic rings. The largest absolute Gasteiger partial charge is 0.436 e. The minimum atomic E-state index is -3.51. The molecule has 29 heavy (non-hydrogen) atoms. The number of hydrogen-bond acceptors (Lipinski definition) is 6. The zero-order valence-corrected chi connectivity index (χ0v) is 17.2. The van der Waals surface area contributed by atoms with Gasteiger partial charge in [0.1, 0.15) is 0 Å². The number of hydrogen-bond donors (Lipinski definition) is 0. The van der Waals surface area contributed by atoms with Crippen LogP contribution in [0.3, 0.4) is 0 Å². The summed E-state index contributed by atoms with van der Waals surface area (Å²) in [6.45, 7) is 1.59. The molecular formula is C21H23N3O4S. The van der Waals surface area contributed by atoms with Gasteiger partial charge in [0.15, 0.2) is 5.76 Å². The summed E-state index contributed by atoms with van der Waals surface area (Å²) < 4.78 is 38.0. The summed E-state index contributed by atoms with van der Waals surface area (Å²) in [7, 11) is 0.470. The van der Waals surface area contributed by atoms with E-state index in [9.17, 15) is 8.42 Å². The van der Waals surface area contributed by atoms with E-state index in [1.807, 2.05) is 43.3 Å². The zero-order valence-electron chi connectivity index (χ0n) is 16.4. The first-order valence-corrected chi connectivity index (χ1v) is 10.8. The molecular weight excluding hydrogens is 390 g/mol. The van der Waals surface area contributed by atoms with Crippen LogP contribution in [-0.4, -0.2) is 58.1 Å². The number of sulfonamides is 1. The number of ether oxygens (including phenoxy) is 1. The summed E-state index contributed by atoms with van der Waals surface area (Å²) in [4.78, 5) is 6.64. The Kier molecular flexibility index (Phi) is 5.40. The number of rotatable bonds is 5. The second kappa shape index (κ2) is 7.98. The van der Waals surface area contributed by atoms with Crippen molar-refractivity contribution in [3.63, 3.8) is 0 Å². The summed E-state index contributed by atoms with van der Waals surface area (Å²) in [5, 5.41) is 0. The Morgan fingerprint density at radius 2 is 1.55 bits per heavy atom. The first-order valence-electron chi connectivity index (χ1n) is 9.37. The molecule has 0 saturated carbocycles. The van der Waals surface area contributed by atoms with Gasteiger partial charge in [0.25, 0.3) is 0 Å². The minimum Gasteiger partial charge on any atom is -0.436 e. The molecule has 0 unspecified atom stereocenters. The van der Waals surface area contributed by atoms with Crippen LogP contribution in [0.1, 0.15) is 0 Å². The fourth-order valence-electron chi connectivity index (χ4n) is 3.17. The standard InChI is InChI=1S/C21H23N3O4S/c1-23(2)18-7-3-16(4-8-18)20-15-22-21(28-20)17-5-9-19(10-6-17)29(25,26)24-11-13-27-14-12-24/h3-10,15H,11-14H2,1-2H3. The molecule has 0 N–H and O–H groups in total. The molecule has 1 saturated heterocycles. The molecule has 1 aliphatic heterocycles. The van der Waals surface area contributed by atoms with Crippen molar-refractivity contribution >= 4 is 15.7 Å². The van der Waals surface area contributed by atoms with Gasteiger partial charge in [-0.1, -0.05) is 0 Å². The molecule has 0 atom stereocenters. The van der Waals surface area contributed by atoms with Crippen molar-refractivity contribution in [2.45, 2.75) is 4.90 Å². The molecule has 7 nitrogen and oxygen atoms in total. The summed E-state index contributed by atoms with van der Waals surface area (Å²) in [5.74, 6) is 1.11. The predicted octanol–water partition coefficient (Wildman–Crippen LogP) is 3.10. The van der Waals surface area contributed by atoms with E-state index in [0.717, 1.165) is 16.8 Å². The first-order chi connectivity index (χ1) is 13.9. The maximum absolute atomic E-state index is 12.7. The van der Waals surface area contributed by atoms with Crippen LogP contribution in [0.5, 0.6) is 0 Å². The lowest BCUT2D eigenvalue weighted by Gasteiger charge is -2.26. The average Bonchev–Trinajstić information content (AvgIpc) is 3.25. The molecule has 3 aromatic rings. The molecule has 1 fully saturated rings. The van der Waals surface area contributed by atoms with Crippen molar-refractivity contribution in [1.82, 2.24) is 9.29 Å². The molecule has 0 bridgehead atoms. The number of benzene rings is 2. The fourth-order valence-corrected chi connectivity index (χ4v) is 4.58. The molecule has 2 heterocycles. The van der Waals surface area contributed by atoms with Crippen LogP contribution in [0.25, 0.3) is 22.8 Å². The Labute approximate surface area is 170 Å². The summed E-state index contributed by atoms with van der Waals surface area (Å²) in [6, 6.07) is 14.6. The second-order valence-corrected chi connectivity index (χ2v) is 8.95. The van der Waals surface area contributed by atoms with E-state index in [1.54, 1.807) is 30.5 Å². The Morgan fingerprint density at radius 1 is 0.931 bits per heavy atom. The van der Waals surface area contributed by atoms with Crippen molar-refractivity contribution in [1.29, 1.82) is 0 Å². The predicted molar refractivity (Wildman–Crippen MR) is 111 cm³/mol. The lowest BCUT2D eigenvalue weighted by atomic mass is 10.1. The second-order valence-electron chi connectivity index (χ2n) is 7.01. The number of anilines is 1. The minimum absolute atomic E-state index is 0.259. The molecule has 152 valence electrons. The van der Waals surface area contributed by atoms with Gasteiger partial charge in [0, 0.05) is 44.0 Å². The number of nitrogens with zero attached hydrogens (tertiary/aromatic N) is 3. The SMILES string of the molecule is CN(C)c1ccc(-c2cnc(-c3ccc(S(=O)(=O)N4CCOCC4)cc3)o2)cc1. The van der Waals surface area contributed by atoms with Crippen molar-refractivity contribution in [3.05, 3.63) is 54.7 Å². The van der Waals surface area contributed by atoms with Crippen LogP contribution in [0.15, 0.2) is 64.0 Å². The quantitative estimate of drug-likeness (QED) is 0.640. The van der Waals surface area contributed by atoms with Crippen LogP contribution >= 0.6 is 0 Å². The molecule has 0 amide bonds. The Morgan fingerprint density at radius 3 is 2.17 bits per heavy atom. The molecule has 0 radical (unpaired) electrons.